The summed E-state index contributed by atoms with van der Waals surface area (Å²) in [6.07, 6.45) is 4.70. The van der Waals surface area contributed by atoms with E-state index in [1.54, 1.807) is 0 Å². The topological polar surface area (TPSA) is 40.6 Å². The van der Waals surface area contributed by atoms with Crippen molar-refractivity contribution < 1.29 is 9.59 Å². The van der Waals surface area contributed by atoms with Gasteiger partial charge in [0.1, 0.15) is 0 Å². The van der Waals surface area contributed by atoms with E-state index in [0.29, 0.717) is 13.0 Å². The van der Waals surface area contributed by atoms with E-state index in [-0.39, 0.29) is 17.9 Å². The first-order chi connectivity index (χ1) is 11.6. The smallest absolute Gasteiger partial charge is 0.254 e. The zero-order valence-corrected chi connectivity index (χ0v) is 15.3. The second-order valence-corrected chi connectivity index (χ2v) is 6.73. The molecule has 1 aromatic carbocycles. The van der Waals surface area contributed by atoms with Crippen molar-refractivity contribution in [1.29, 1.82) is 0 Å². The van der Waals surface area contributed by atoms with Gasteiger partial charge in [-0.2, -0.15) is 0 Å². The van der Waals surface area contributed by atoms with Gasteiger partial charge in [-0.3, -0.25) is 9.59 Å². The van der Waals surface area contributed by atoms with Crippen LogP contribution in [0, 0.1) is 0 Å². The number of unbranched alkanes of at least 4 members (excludes halogenated alkanes) is 1. The molecule has 1 heterocycles. The molecule has 132 valence electrons. The first-order valence-corrected chi connectivity index (χ1v) is 9.24. The largest absolute Gasteiger partial charge is 0.338 e. The summed E-state index contributed by atoms with van der Waals surface area (Å²) < 4.78 is 0. The number of rotatable bonds is 8. The van der Waals surface area contributed by atoms with Gasteiger partial charge >= 0.3 is 0 Å². The number of amides is 2. The summed E-state index contributed by atoms with van der Waals surface area (Å²) in [7, 11) is 0. The molecule has 0 aromatic heterocycles. The first kappa shape index (κ1) is 18.5. The van der Waals surface area contributed by atoms with Crippen LogP contribution in [0.5, 0.6) is 0 Å². The minimum Gasteiger partial charge on any atom is -0.338 e. The highest BCUT2D eigenvalue weighted by Gasteiger charge is 2.21. The summed E-state index contributed by atoms with van der Waals surface area (Å²) in [5.74, 6) is 0.347. The van der Waals surface area contributed by atoms with Gasteiger partial charge in [0.25, 0.3) is 5.91 Å². The third-order valence-electron chi connectivity index (χ3n) is 4.88. The molecule has 2 rings (SSSR count). The van der Waals surface area contributed by atoms with Crippen LogP contribution in [0.1, 0.15) is 68.8 Å². The summed E-state index contributed by atoms with van der Waals surface area (Å²) in [6, 6.07) is 8.02. The lowest BCUT2D eigenvalue weighted by atomic mass is 10.1. The van der Waals surface area contributed by atoms with Crippen LogP contribution in [-0.2, 0) is 11.3 Å². The Morgan fingerprint density at radius 1 is 1.25 bits per heavy atom. The molecule has 0 aliphatic carbocycles. The predicted octanol–water partition coefficient (Wildman–Crippen LogP) is 3.85. The Balaban J connectivity index is 2.04. The van der Waals surface area contributed by atoms with Crippen LogP contribution in [0.2, 0.25) is 0 Å². The Morgan fingerprint density at radius 2 is 1.96 bits per heavy atom. The van der Waals surface area contributed by atoms with E-state index in [2.05, 4.69) is 20.8 Å². The molecule has 0 radical (unpaired) electrons. The molecule has 4 nitrogen and oxygen atoms in total. The third kappa shape index (κ3) is 4.59. The highest BCUT2D eigenvalue weighted by Crippen LogP contribution is 2.17. The maximum absolute atomic E-state index is 12.8. The van der Waals surface area contributed by atoms with Crippen molar-refractivity contribution in [2.24, 2.45) is 0 Å². The molecule has 0 N–H and O–H groups in total. The molecule has 0 saturated carbocycles. The lowest BCUT2D eigenvalue weighted by Gasteiger charge is -2.29. The van der Waals surface area contributed by atoms with Gasteiger partial charge in [-0.05, 0) is 43.9 Å². The Labute approximate surface area is 145 Å². The standard InChI is InChI=1S/C20H30N2O2/c1-4-6-14-22(16(3)5-2)20(24)18-11-9-17(10-12-18)15-21-13-7-8-19(21)23/h9-12,16H,4-8,13-15H2,1-3H3. The highest BCUT2D eigenvalue weighted by atomic mass is 16.2. The number of nitrogens with zero attached hydrogens (tertiary/aromatic N) is 2. The fraction of sp³-hybridized carbons (Fsp3) is 0.600. The Bertz CT molecular complexity index is 553. The molecule has 1 aliphatic rings. The minimum atomic E-state index is 0.113. The summed E-state index contributed by atoms with van der Waals surface area (Å²) in [5, 5.41) is 0. The molecule has 1 saturated heterocycles. The lowest BCUT2D eigenvalue weighted by Crippen LogP contribution is -2.39. The van der Waals surface area contributed by atoms with E-state index in [4.69, 9.17) is 0 Å². The SMILES string of the molecule is CCCCN(C(=O)c1ccc(CN2CCCC2=O)cc1)C(C)CC. The maximum atomic E-state index is 12.8. The summed E-state index contributed by atoms with van der Waals surface area (Å²) in [5.41, 5.74) is 1.83. The maximum Gasteiger partial charge on any atom is 0.254 e. The molecule has 1 aliphatic heterocycles. The Kier molecular flexibility index (Phi) is 6.83. The molecular weight excluding hydrogens is 300 g/mol. The average molecular weight is 330 g/mol. The van der Waals surface area contributed by atoms with Crippen LogP contribution >= 0.6 is 0 Å². The van der Waals surface area contributed by atoms with Crippen LogP contribution in [0.25, 0.3) is 0 Å². The first-order valence-electron chi connectivity index (χ1n) is 9.24. The molecule has 2 amide bonds. The van der Waals surface area contributed by atoms with Crippen LogP contribution in [0.4, 0.5) is 0 Å². The zero-order valence-electron chi connectivity index (χ0n) is 15.3. The van der Waals surface area contributed by atoms with Crippen molar-refractivity contribution in [3.63, 3.8) is 0 Å². The van der Waals surface area contributed by atoms with Gasteiger partial charge in [0.05, 0.1) is 0 Å². The molecule has 4 heteroatoms. The minimum absolute atomic E-state index is 0.113. The van der Waals surface area contributed by atoms with Crippen molar-refractivity contribution in [3.05, 3.63) is 35.4 Å². The second-order valence-electron chi connectivity index (χ2n) is 6.73. The predicted molar refractivity (Wildman–Crippen MR) is 96.8 cm³/mol. The van der Waals surface area contributed by atoms with Crippen molar-refractivity contribution in [1.82, 2.24) is 9.80 Å². The number of hydrogen-bond donors (Lipinski definition) is 0. The van der Waals surface area contributed by atoms with E-state index >= 15 is 0 Å². The fourth-order valence-corrected chi connectivity index (χ4v) is 3.08. The molecule has 0 bridgehead atoms. The molecule has 24 heavy (non-hydrogen) atoms. The number of benzene rings is 1. The normalized spacial score (nSPS) is 15.6. The average Bonchev–Trinajstić information content (AvgIpc) is 3.00. The lowest BCUT2D eigenvalue weighted by molar-refractivity contribution is -0.128. The van der Waals surface area contributed by atoms with Crippen LogP contribution < -0.4 is 0 Å². The van der Waals surface area contributed by atoms with E-state index in [1.807, 2.05) is 34.1 Å². The van der Waals surface area contributed by atoms with E-state index in [1.165, 1.54) is 0 Å². The molecule has 1 unspecified atom stereocenters. The number of carbonyl (C=O) groups excluding carboxylic acids is 2. The Hall–Kier alpha value is -1.84. The quantitative estimate of drug-likeness (QED) is 0.726. The van der Waals surface area contributed by atoms with Crippen LogP contribution in [0.15, 0.2) is 24.3 Å². The molecule has 1 aromatic rings. The number of hydrogen-bond acceptors (Lipinski definition) is 2. The molecule has 1 fully saturated rings. The van der Waals surface area contributed by atoms with Gasteiger partial charge in [0.15, 0.2) is 0 Å². The molecule has 0 spiro atoms. The van der Waals surface area contributed by atoms with Gasteiger partial charge in [0, 0.05) is 37.7 Å². The summed E-state index contributed by atoms with van der Waals surface area (Å²) in [4.78, 5) is 28.4. The molecule has 1 atom stereocenters. The monoisotopic (exact) mass is 330 g/mol. The second kappa shape index (κ2) is 8.86. The van der Waals surface area contributed by atoms with Crippen LogP contribution in [-0.4, -0.2) is 40.7 Å². The van der Waals surface area contributed by atoms with Crippen molar-refractivity contribution in [2.45, 2.75) is 65.5 Å². The van der Waals surface area contributed by atoms with E-state index in [0.717, 1.165) is 49.9 Å². The van der Waals surface area contributed by atoms with Gasteiger partial charge in [-0.15, -0.1) is 0 Å². The van der Waals surface area contributed by atoms with Crippen LogP contribution in [0.3, 0.4) is 0 Å². The van der Waals surface area contributed by atoms with E-state index < -0.39 is 0 Å². The van der Waals surface area contributed by atoms with Crippen molar-refractivity contribution in [2.75, 3.05) is 13.1 Å². The van der Waals surface area contributed by atoms with Gasteiger partial charge in [-0.1, -0.05) is 32.4 Å². The van der Waals surface area contributed by atoms with Gasteiger partial charge < -0.3 is 9.80 Å². The van der Waals surface area contributed by atoms with Crippen molar-refractivity contribution >= 4 is 11.8 Å². The van der Waals surface area contributed by atoms with Gasteiger partial charge in [-0.25, -0.2) is 0 Å². The third-order valence-corrected chi connectivity index (χ3v) is 4.88. The molecular formula is C20H30N2O2. The zero-order chi connectivity index (χ0) is 17.5. The highest BCUT2D eigenvalue weighted by molar-refractivity contribution is 5.94. The van der Waals surface area contributed by atoms with Crippen molar-refractivity contribution in [3.8, 4) is 0 Å². The fourth-order valence-electron chi connectivity index (χ4n) is 3.08. The van der Waals surface area contributed by atoms with Gasteiger partial charge in [0.2, 0.25) is 5.91 Å². The number of likely N-dealkylation sites (tertiary alicyclic amines) is 1. The number of carbonyl (C=O) groups is 2. The Morgan fingerprint density at radius 3 is 2.50 bits per heavy atom. The summed E-state index contributed by atoms with van der Waals surface area (Å²) >= 11 is 0. The van der Waals surface area contributed by atoms with E-state index in [9.17, 15) is 9.59 Å². The summed E-state index contributed by atoms with van der Waals surface area (Å²) in [6.45, 7) is 8.69.